The van der Waals surface area contributed by atoms with E-state index < -0.39 is 0 Å². The molecule has 2 heterocycles. The maximum absolute atomic E-state index is 5.91. The van der Waals surface area contributed by atoms with Crippen molar-refractivity contribution in [3.63, 3.8) is 0 Å². The summed E-state index contributed by atoms with van der Waals surface area (Å²) >= 11 is 7.57. The van der Waals surface area contributed by atoms with Gasteiger partial charge in [0.05, 0.1) is 5.02 Å². The van der Waals surface area contributed by atoms with Crippen molar-refractivity contribution in [2.24, 2.45) is 0 Å². The summed E-state index contributed by atoms with van der Waals surface area (Å²) < 4.78 is 0. The lowest BCUT2D eigenvalue weighted by Gasteiger charge is -2.08. The number of nitrogens with one attached hydrogen (secondary N) is 1. The molecule has 0 radical (unpaired) electrons. The Morgan fingerprint density at radius 1 is 1.28 bits per heavy atom. The zero-order valence-electron chi connectivity index (χ0n) is 9.56. The number of rotatable bonds is 3. The van der Waals surface area contributed by atoms with E-state index in [-0.39, 0.29) is 0 Å². The van der Waals surface area contributed by atoms with E-state index in [1.807, 2.05) is 36.0 Å². The van der Waals surface area contributed by atoms with Crippen molar-refractivity contribution in [3.05, 3.63) is 58.0 Å². The van der Waals surface area contributed by atoms with Gasteiger partial charge in [0.15, 0.2) is 0 Å². The topological polar surface area (TPSA) is 24.9 Å². The number of pyridine rings is 1. The largest absolute Gasteiger partial charge is 0.380 e. The monoisotopic (exact) mass is 274 g/mol. The Morgan fingerprint density at radius 2 is 2.22 bits per heavy atom. The lowest BCUT2D eigenvalue weighted by Crippen LogP contribution is -1.98. The number of hydrogen-bond acceptors (Lipinski definition) is 3. The Kier molecular flexibility index (Phi) is 3.17. The summed E-state index contributed by atoms with van der Waals surface area (Å²) in [5.41, 5.74) is 1.10. The molecule has 2 nitrogen and oxygen atoms in total. The molecular formula is C14H11ClN2S. The molecule has 0 fully saturated rings. The van der Waals surface area contributed by atoms with Gasteiger partial charge < -0.3 is 5.32 Å². The molecular weight excluding hydrogens is 264 g/mol. The predicted octanol–water partition coefficient (Wildman–Crippen LogP) is 4.56. The molecule has 3 rings (SSSR count). The smallest absolute Gasteiger partial charge is 0.0516 e. The van der Waals surface area contributed by atoms with Crippen molar-refractivity contribution in [1.29, 1.82) is 0 Å². The molecule has 0 unspecified atom stereocenters. The molecule has 0 amide bonds. The number of thiophene rings is 1. The van der Waals surface area contributed by atoms with Crippen molar-refractivity contribution in [1.82, 2.24) is 4.98 Å². The van der Waals surface area contributed by atoms with Gasteiger partial charge >= 0.3 is 0 Å². The highest BCUT2D eigenvalue weighted by Crippen LogP contribution is 2.24. The molecule has 0 aliphatic carbocycles. The van der Waals surface area contributed by atoms with Crippen LogP contribution in [0.1, 0.15) is 4.88 Å². The summed E-state index contributed by atoms with van der Waals surface area (Å²) in [4.78, 5) is 5.40. The average Bonchev–Trinajstić information content (AvgIpc) is 2.82. The molecule has 2 aromatic heterocycles. The summed E-state index contributed by atoms with van der Waals surface area (Å²) in [6.45, 7) is 0.783. The van der Waals surface area contributed by atoms with E-state index in [2.05, 4.69) is 22.4 Å². The Bertz CT molecular complexity index is 673. The molecule has 1 N–H and O–H groups in total. The Hall–Kier alpha value is -1.58. The van der Waals surface area contributed by atoms with Crippen LogP contribution in [0.3, 0.4) is 0 Å². The van der Waals surface area contributed by atoms with E-state index >= 15 is 0 Å². The van der Waals surface area contributed by atoms with E-state index in [9.17, 15) is 0 Å². The fourth-order valence-corrected chi connectivity index (χ4v) is 2.91. The van der Waals surface area contributed by atoms with Gasteiger partial charge in [0.2, 0.25) is 0 Å². The zero-order chi connectivity index (χ0) is 12.4. The van der Waals surface area contributed by atoms with Gasteiger partial charge in [0.1, 0.15) is 0 Å². The highest BCUT2D eigenvalue weighted by atomic mass is 35.5. The van der Waals surface area contributed by atoms with Gasteiger partial charge in [-0.25, -0.2) is 0 Å². The average molecular weight is 275 g/mol. The van der Waals surface area contributed by atoms with Gasteiger partial charge in [0.25, 0.3) is 0 Å². The summed E-state index contributed by atoms with van der Waals surface area (Å²) in [6.07, 6.45) is 3.70. The van der Waals surface area contributed by atoms with Crippen LogP contribution in [0.5, 0.6) is 0 Å². The van der Waals surface area contributed by atoms with Crippen LogP contribution >= 0.6 is 22.9 Å². The third-order valence-corrected chi connectivity index (χ3v) is 4.04. The molecule has 0 spiro atoms. The molecule has 3 aromatic rings. The summed E-state index contributed by atoms with van der Waals surface area (Å²) in [6, 6.07) is 10.2. The van der Waals surface area contributed by atoms with Crippen LogP contribution in [0.4, 0.5) is 5.69 Å². The SMILES string of the molecule is Clc1csc(CNc2cccc3ccncc23)c1. The molecule has 18 heavy (non-hydrogen) atoms. The summed E-state index contributed by atoms with van der Waals surface area (Å²) in [5, 5.41) is 8.51. The highest BCUT2D eigenvalue weighted by molar-refractivity contribution is 7.10. The quantitative estimate of drug-likeness (QED) is 0.757. The van der Waals surface area contributed by atoms with E-state index in [0.29, 0.717) is 0 Å². The Morgan fingerprint density at radius 3 is 3.06 bits per heavy atom. The first-order chi connectivity index (χ1) is 8.83. The molecule has 1 aromatic carbocycles. The molecule has 0 bridgehead atoms. The summed E-state index contributed by atoms with van der Waals surface area (Å²) in [7, 11) is 0. The van der Waals surface area contributed by atoms with Gasteiger partial charge in [0, 0.05) is 40.3 Å². The van der Waals surface area contributed by atoms with Crippen molar-refractivity contribution < 1.29 is 0 Å². The number of nitrogens with zero attached hydrogens (tertiary/aromatic N) is 1. The normalized spacial score (nSPS) is 10.7. The number of anilines is 1. The Labute approximate surface area is 114 Å². The third-order valence-electron chi connectivity index (χ3n) is 2.76. The first kappa shape index (κ1) is 11.5. The fourth-order valence-electron chi connectivity index (χ4n) is 1.90. The lowest BCUT2D eigenvalue weighted by molar-refractivity contribution is 1.20. The van der Waals surface area contributed by atoms with Crippen LogP contribution < -0.4 is 5.32 Å². The van der Waals surface area contributed by atoms with Crippen LogP contribution in [-0.4, -0.2) is 4.98 Å². The third kappa shape index (κ3) is 2.33. The maximum Gasteiger partial charge on any atom is 0.0516 e. The molecule has 0 atom stereocenters. The molecule has 0 aliphatic heterocycles. The molecule has 4 heteroatoms. The lowest BCUT2D eigenvalue weighted by atomic mass is 10.1. The first-order valence-electron chi connectivity index (χ1n) is 5.62. The van der Waals surface area contributed by atoms with Gasteiger partial charge in [-0.3, -0.25) is 4.98 Å². The maximum atomic E-state index is 5.91. The predicted molar refractivity (Wildman–Crippen MR) is 78.4 cm³/mol. The van der Waals surface area contributed by atoms with Crippen molar-refractivity contribution in [2.75, 3.05) is 5.32 Å². The first-order valence-corrected chi connectivity index (χ1v) is 6.88. The van der Waals surface area contributed by atoms with E-state index in [1.54, 1.807) is 11.3 Å². The molecule has 0 aliphatic rings. The fraction of sp³-hybridized carbons (Fsp3) is 0.0714. The standard InChI is InChI=1S/C14H11ClN2S/c15-11-6-12(18-9-11)7-17-14-3-1-2-10-4-5-16-8-13(10)14/h1-6,8-9,17H,7H2. The van der Waals surface area contributed by atoms with Crippen LogP contribution in [0, 0.1) is 0 Å². The second-order valence-electron chi connectivity index (χ2n) is 3.99. The number of benzene rings is 1. The number of hydrogen-bond donors (Lipinski definition) is 1. The minimum atomic E-state index is 0.783. The second-order valence-corrected chi connectivity index (χ2v) is 5.42. The van der Waals surface area contributed by atoms with Crippen molar-refractivity contribution in [2.45, 2.75) is 6.54 Å². The van der Waals surface area contributed by atoms with Crippen LogP contribution in [-0.2, 0) is 6.54 Å². The molecule has 0 saturated carbocycles. The summed E-state index contributed by atoms with van der Waals surface area (Å²) in [5.74, 6) is 0. The van der Waals surface area contributed by atoms with Crippen molar-refractivity contribution in [3.8, 4) is 0 Å². The van der Waals surface area contributed by atoms with Crippen LogP contribution in [0.25, 0.3) is 10.8 Å². The molecule has 0 saturated heterocycles. The van der Waals surface area contributed by atoms with Crippen molar-refractivity contribution >= 4 is 39.4 Å². The van der Waals surface area contributed by atoms with E-state index in [0.717, 1.165) is 22.6 Å². The minimum absolute atomic E-state index is 0.783. The number of halogens is 1. The van der Waals surface area contributed by atoms with Gasteiger partial charge in [-0.15, -0.1) is 11.3 Å². The van der Waals surface area contributed by atoms with Gasteiger partial charge in [-0.05, 0) is 23.6 Å². The molecule has 90 valence electrons. The van der Waals surface area contributed by atoms with Gasteiger partial charge in [-0.2, -0.15) is 0 Å². The zero-order valence-corrected chi connectivity index (χ0v) is 11.1. The van der Waals surface area contributed by atoms with Crippen LogP contribution in [0.15, 0.2) is 48.1 Å². The van der Waals surface area contributed by atoms with E-state index in [4.69, 9.17) is 11.6 Å². The second kappa shape index (κ2) is 4.96. The Balaban J connectivity index is 1.86. The number of fused-ring (bicyclic) bond motifs is 1. The minimum Gasteiger partial charge on any atom is -0.380 e. The highest BCUT2D eigenvalue weighted by Gasteiger charge is 2.01. The number of aromatic nitrogens is 1. The van der Waals surface area contributed by atoms with Gasteiger partial charge in [-0.1, -0.05) is 23.7 Å². The van der Waals surface area contributed by atoms with Crippen LogP contribution in [0.2, 0.25) is 5.02 Å². The van der Waals surface area contributed by atoms with E-state index in [1.165, 1.54) is 10.3 Å².